The van der Waals surface area contributed by atoms with Gasteiger partial charge < -0.3 is 9.47 Å². The highest BCUT2D eigenvalue weighted by molar-refractivity contribution is 8.03. The van der Waals surface area contributed by atoms with Crippen LogP contribution in [-0.2, 0) is 14.3 Å². The van der Waals surface area contributed by atoms with Gasteiger partial charge in [-0.25, -0.2) is 4.79 Å². The van der Waals surface area contributed by atoms with Crippen LogP contribution < -0.4 is 0 Å². The van der Waals surface area contributed by atoms with Crippen LogP contribution in [0.3, 0.4) is 0 Å². The number of benzene rings is 2. The minimum absolute atomic E-state index is 0.0277. The minimum Gasteiger partial charge on any atom is -0.487 e. The van der Waals surface area contributed by atoms with Gasteiger partial charge in [0, 0.05) is 5.56 Å². The molecule has 4 nitrogen and oxygen atoms in total. The van der Waals surface area contributed by atoms with E-state index in [4.69, 9.17) is 9.47 Å². The van der Waals surface area contributed by atoms with Crippen molar-refractivity contribution in [1.29, 1.82) is 0 Å². The fraction of sp³-hybridized carbons (Fsp3) is 0.200. The Kier molecular flexibility index (Phi) is 7.29. The topological polar surface area (TPSA) is 52.6 Å². The molecule has 0 aromatic heterocycles. The number of hydrogen-bond acceptors (Lipinski definition) is 5. The molecule has 2 aromatic rings. The molecule has 2 rings (SSSR count). The smallest absolute Gasteiger partial charge is 0.342 e. The van der Waals surface area contributed by atoms with Crippen LogP contribution in [0.5, 0.6) is 0 Å². The van der Waals surface area contributed by atoms with Gasteiger partial charge in [0.1, 0.15) is 5.57 Å². The minimum atomic E-state index is -0.491. The number of methoxy groups -OCH3 is 1. The summed E-state index contributed by atoms with van der Waals surface area (Å²) in [4.78, 5) is 24.6. The number of thioether (sulfide) groups is 1. The molecule has 0 aliphatic heterocycles. The molecule has 25 heavy (non-hydrogen) atoms. The van der Waals surface area contributed by atoms with Crippen LogP contribution in [0, 0.1) is 0 Å². The van der Waals surface area contributed by atoms with Gasteiger partial charge in [-0.1, -0.05) is 72.4 Å². The molecular formula is C20H20O4S. The third-order valence-electron chi connectivity index (χ3n) is 3.36. The lowest BCUT2D eigenvalue weighted by molar-refractivity contribution is -0.133. The molecule has 0 spiro atoms. The van der Waals surface area contributed by atoms with E-state index in [1.165, 1.54) is 18.9 Å². The zero-order chi connectivity index (χ0) is 18.1. The summed E-state index contributed by atoms with van der Waals surface area (Å²) in [5.41, 5.74) is 1.65. The largest absolute Gasteiger partial charge is 0.487 e. The number of esters is 1. The molecule has 0 bridgehead atoms. The summed E-state index contributed by atoms with van der Waals surface area (Å²) in [5.74, 6) is -0.346. The molecule has 0 aliphatic rings. The first-order valence-corrected chi connectivity index (χ1v) is 8.87. The Hall–Kier alpha value is -2.53. The predicted octanol–water partition coefficient (Wildman–Crippen LogP) is 4.18. The van der Waals surface area contributed by atoms with Crippen LogP contribution in [0.4, 0.5) is 0 Å². The molecule has 0 amide bonds. The van der Waals surface area contributed by atoms with Gasteiger partial charge in [-0.3, -0.25) is 4.79 Å². The van der Waals surface area contributed by atoms with Crippen molar-refractivity contribution in [3.8, 4) is 0 Å². The zero-order valence-electron chi connectivity index (χ0n) is 14.2. The van der Waals surface area contributed by atoms with Crippen LogP contribution >= 0.6 is 11.8 Å². The summed E-state index contributed by atoms with van der Waals surface area (Å²) in [7, 11) is 1.33. The van der Waals surface area contributed by atoms with Crippen molar-refractivity contribution in [3.05, 3.63) is 76.9 Å². The predicted molar refractivity (Wildman–Crippen MR) is 100 cm³/mol. The van der Waals surface area contributed by atoms with E-state index in [1.807, 2.05) is 55.5 Å². The average molecular weight is 356 g/mol. The van der Waals surface area contributed by atoms with E-state index >= 15 is 0 Å². The summed E-state index contributed by atoms with van der Waals surface area (Å²) in [6.45, 7) is 2.22. The molecule has 0 heterocycles. The maximum absolute atomic E-state index is 12.3. The van der Waals surface area contributed by atoms with Gasteiger partial charge in [0.2, 0.25) is 0 Å². The molecule has 0 saturated carbocycles. The Bertz CT molecular complexity index is 739. The highest BCUT2D eigenvalue weighted by Crippen LogP contribution is 2.29. The van der Waals surface area contributed by atoms with Crippen molar-refractivity contribution in [3.63, 3.8) is 0 Å². The van der Waals surface area contributed by atoms with E-state index < -0.39 is 5.97 Å². The summed E-state index contributed by atoms with van der Waals surface area (Å²) >= 11 is 1.20. The third kappa shape index (κ3) is 5.22. The van der Waals surface area contributed by atoms with E-state index in [2.05, 4.69) is 0 Å². The molecule has 130 valence electrons. The molecule has 0 unspecified atom stereocenters. The number of carbonyl (C=O) groups is 2. The molecule has 2 aromatic carbocycles. The fourth-order valence-corrected chi connectivity index (χ4v) is 3.16. The van der Waals surface area contributed by atoms with Crippen LogP contribution in [-0.4, -0.2) is 31.2 Å². The summed E-state index contributed by atoms with van der Waals surface area (Å²) in [6, 6.07) is 18.2. The Morgan fingerprint density at radius 3 is 2.00 bits per heavy atom. The van der Waals surface area contributed by atoms with E-state index in [0.717, 1.165) is 0 Å². The Morgan fingerprint density at radius 2 is 1.48 bits per heavy atom. The molecule has 0 saturated heterocycles. The van der Waals surface area contributed by atoms with Gasteiger partial charge in [0.25, 0.3) is 0 Å². The van der Waals surface area contributed by atoms with Gasteiger partial charge in [0.15, 0.2) is 10.9 Å². The molecule has 0 aliphatic carbocycles. The SMILES string of the molecule is CCO/C(SCC(=O)c1ccccc1)=C(/C(=O)OC)c1ccccc1. The standard InChI is InChI=1S/C20H20O4S/c1-3-24-20(25-14-17(21)15-10-6-4-7-11-15)18(19(22)23-2)16-12-8-5-9-13-16/h4-13H,3,14H2,1-2H3/b20-18-. The molecule has 0 radical (unpaired) electrons. The average Bonchev–Trinajstić information content (AvgIpc) is 2.67. The van der Waals surface area contributed by atoms with Crippen LogP contribution in [0.2, 0.25) is 0 Å². The van der Waals surface area contributed by atoms with Crippen LogP contribution in [0.15, 0.2) is 65.8 Å². The third-order valence-corrected chi connectivity index (χ3v) is 4.35. The molecule has 0 atom stereocenters. The van der Waals surface area contributed by atoms with Crippen LogP contribution in [0.25, 0.3) is 5.57 Å². The first-order chi connectivity index (χ1) is 12.2. The van der Waals surface area contributed by atoms with E-state index in [1.54, 1.807) is 12.1 Å². The number of ether oxygens (including phenoxy) is 2. The maximum Gasteiger partial charge on any atom is 0.342 e. The van der Waals surface area contributed by atoms with Gasteiger partial charge in [-0.05, 0) is 12.5 Å². The molecule has 0 fully saturated rings. The van der Waals surface area contributed by atoms with Crippen molar-refractivity contribution in [2.24, 2.45) is 0 Å². The maximum atomic E-state index is 12.3. The number of ketones is 1. The summed E-state index contributed by atoms with van der Waals surface area (Å²) < 4.78 is 10.6. The summed E-state index contributed by atoms with van der Waals surface area (Å²) in [6.07, 6.45) is 0. The number of hydrogen-bond donors (Lipinski definition) is 0. The normalized spacial score (nSPS) is 11.4. The second-order valence-electron chi connectivity index (χ2n) is 5.03. The second-order valence-corrected chi connectivity index (χ2v) is 5.98. The Labute approximate surface area is 151 Å². The van der Waals surface area contributed by atoms with Crippen molar-refractivity contribution in [2.75, 3.05) is 19.5 Å². The van der Waals surface area contributed by atoms with Gasteiger partial charge >= 0.3 is 5.97 Å². The molecule has 0 N–H and O–H groups in total. The van der Waals surface area contributed by atoms with Crippen LogP contribution in [0.1, 0.15) is 22.8 Å². The first-order valence-electron chi connectivity index (χ1n) is 7.89. The van der Waals surface area contributed by atoms with Crippen molar-refractivity contribution in [1.82, 2.24) is 0 Å². The Balaban J connectivity index is 2.30. The van der Waals surface area contributed by atoms with Gasteiger partial charge in [-0.15, -0.1) is 0 Å². The molecular weight excluding hydrogens is 336 g/mol. The van der Waals surface area contributed by atoms with E-state index in [-0.39, 0.29) is 11.5 Å². The lowest BCUT2D eigenvalue weighted by Crippen LogP contribution is -2.10. The zero-order valence-corrected chi connectivity index (χ0v) is 15.0. The van der Waals surface area contributed by atoms with Crippen molar-refractivity contribution >= 4 is 29.1 Å². The van der Waals surface area contributed by atoms with Gasteiger partial charge in [0.05, 0.1) is 19.5 Å². The van der Waals surface area contributed by atoms with Crippen molar-refractivity contribution in [2.45, 2.75) is 6.92 Å². The lowest BCUT2D eigenvalue weighted by Gasteiger charge is -2.14. The number of Topliss-reactive ketones (excluding diaryl/α,β-unsaturated/α-hetero) is 1. The van der Waals surface area contributed by atoms with Crippen molar-refractivity contribution < 1.29 is 19.1 Å². The van der Waals surface area contributed by atoms with E-state index in [9.17, 15) is 9.59 Å². The van der Waals surface area contributed by atoms with E-state index in [0.29, 0.717) is 28.4 Å². The highest BCUT2D eigenvalue weighted by atomic mass is 32.2. The molecule has 5 heteroatoms. The number of carbonyl (C=O) groups excluding carboxylic acids is 2. The number of rotatable bonds is 8. The Morgan fingerprint density at radius 1 is 0.920 bits per heavy atom. The summed E-state index contributed by atoms with van der Waals surface area (Å²) in [5, 5.41) is 0.393. The van der Waals surface area contributed by atoms with Gasteiger partial charge in [-0.2, -0.15) is 0 Å². The monoisotopic (exact) mass is 356 g/mol. The quantitative estimate of drug-likeness (QED) is 0.307. The second kappa shape index (κ2) is 9.69. The fourth-order valence-electron chi connectivity index (χ4n) is 2.18. The first kappa shape index (κ1) is 18.8. The highest BCUT2D eigenvalue weighted by Gasteiger charge is 2.21. The lowest BCUT2D eigenvalue weighted by atomic mass is 10.1.